The minimum atomic E-state index is -1.07. The Labute approximate surface area is 262 Å². The molecule has 3 aromatic rings. The lowest BCUT2D eigenvalue weighted by atomic mass is 9.93. The zero-order chi connectivity index (χ0) is 31.1. The standard InChI is InChI=1S/C36H37N3O6/c40-33(37-22-26-14-5-4-12-24(26)20-32(37)35(42)43)30-19-18-29(23-10-2-1-3-11-23)38(30)34(41)31-21-25-13-6-9-17-28(25)39(31)36(44)45-27-15-7-8-16-27/h1-6,9-14,17,27,29-32H,7-8,15-16,18-22H2,(H,42,43). The Morgan fingerprint density at radius 3 is 2.04 bits per heavy atom. The minimum absolute atomic E-state index is 0.162. The van der Waals surface area contributed by atoms with Crippen molar-refractivity contribution in [1.29, 1.82) is 0 Å². The molecule has 1 saturated carbocycles. The monoisotopic (exact) mass is 607 g/mol. The molecule has 4 unspecified atom stereocenters. The molecule has 1 aliphatic carbocycles. The van der Waals surface area contributed by atoms with Crippen molar-refractivity contribution >= 4 is 29.6 Å². The second-order valence-electron chi connectivity index (χ2n) is 12.6. The third-order valence-corrected chi connectivity index (χ3v) is 9.95. The number of benzene rings is 3. The molecular weight excluding hydrogens is 570 g/mol. The minimum Gasteiger partial charge on any atom is -0.480 e. The first-order valence-corrected chi connectivity index (χ1v) is 16.0. The summed E-state index contributed by atoms with van der Waals surface area (Å²) in [5, 5.41) is 10.2. The van der Waals surface area contributed by atoms with E-state index in [1.165, 1.54) is 9.80 Å². The molecule has 3 amide bonds. The highest BCUT2D eigenvalue weighted by molar-refractivity contribution is 6.02. The van der Waals surface area contributed by atoms with Gasteiger partial charge < -0.3 is 19.6 Å². The molecule has 1 N–H and O–H groups in total. The smallest absolute Gasteiger partial charge is 0.415 e. The van der Waals surface area contributed by atoms with Gasteiger partial charge in [0.15, 0.2) is 0 Å². The molecule has 4 atom stereocenters. The fourth-order valence-corrected chi connectivity index (χ4v) is 7.72. The van der Waals surface area contributed by atoms with Crippen LogP contribution in [0.1, 0.15) is 66.8 Å². The highest BCUT2D eigenvalue weighted by atomic mass is 16.6. The molecule has 1 saturated heterocycles. The predicted octanol–water partition coefficient (Wildman–Crippen LogP) is 5.27. The topological polar surface area (TPSA) is 107 Å². The summed E-state index contributed by atoms with van der Waals surface area (Å²) >= 11 is 0. The number of carbonyl (C=O) groups is 4. The third-order valence-electron chi connectivity index (χ3n) is 9.95. The van der Waals surface area contributed by atoms with E-state index in [9.17, 15) is 24.3 Å². The predicted molar refractivity (Wildman–Crippen MR) is 166 cm³/mol. The number of ether oxygens (including phenoxy) is 1. The van der Waals surface area contributed by atoms with Crippen molar-refractivity contribution in [2.45, 2.75) is 88.2 Å². The van der Waals surface area contributed by atoms with Crippen molar-refractivity contribution in [3.8, 4) is 0 Å². The Bertz CT molecular complexity index is 1620. The number of rotatable bonds is 5. The molecular formula is C36H37N3O6. The molecule has 0 radical (unpaired) electrons. The quantitative estimate of drug-likeness (QED) is 0.424. The van der Waals surface area contributed by atoms with Crippen LogP contribution in [0.5, 0.6) is 0 Å². The fraction of sp³-hybridized carbons (Fsp3) is 0.389. The molecule has 3 aromatic carbocycles. The Hall–Kier alpha value is -4.66. The number of anilines is 1. The summed E-state index contributed by atoms with van der Waals surface area (Å²) in [5.41, 5.74) is 4.24. The average Bonchev–Trinajstić information content (AvgIpc) is 3.83. The number of aliphatic carboxylic acids is 1. The number of fused-ring (bicyclic) bond motifs is 2. The van der Waals surface area contributed by atoms with Crippen molar-refractivity contribution < 1.29 is 29.0 Å². The second-order valence-corrected chi connectivity index (χ2v) is 12.6. The summed E-state index contributed by atoms with van der Waals surface area (Å²) in [7, 11) is 0. The van der Waals surface area contributed by atoms with Crippen molar-refractivity contribution in [3.05, 3.63) is 101 Å². The average molecular weight is 608 g/mol. The number of carboxylic acid groups (broad SMARTS) is 1. The molecule has 0 bridgehead atoms. The molecule has 3 heterocycles. The normalized spacial score (nSPS) is 24.3. The second kappa shape index (κ2) is 12.0. The lowest BCUT2D eigenvalue weighted by molar-refractivity contribution is -0.155. The molecule has 45 heavy (non-hydrogen) atoms. The van der Waals surface area contributed by atoms with Gasteiger partial charge in [-0.2, -0.15) is 0 Å². The summed E-state index contributed by atoms with van der Waals surface area (Å²) in [4.78, 5) is 60.1. The zero-order valence-corrected chi connectivity index (χ0v) is 25.1. The van der Waals surface area contributed by atoms with E-state index in [-0.39, 0.29) is 30.9 Å². The lowest BCUT2D eigenvalue weighted by Gasteiger charge is -2.40. The summed E-state index contributed by atoms with van der Waals surface area (Å²) in [5.74, 6) is -1.77. The van der Waals surface area contributed by atoms with E-state index in [1.54, 1.807) is 4.90 Å². The van der Waals surface area contributed by atoms with E-state index in [0.29, 0.717) is 24.9 Å². The van der Waals surface area contributed by atoms with Crippen LogP contribution in [-0.4, -0.2) is 63.0 Å². The van der Waals surface area contributed by atoms with Gasteiger partial charge in [-0.05, 0) is 66.8 Å². The van der Waals surface area contributed by atoms with E-state index in [2.05, 4.69) is 0 Å². The maximum absolute atomic E-state index is 14.9. The fourth-order valence-electron chi connectivity index (χ4n) is 7.72. The Balaban J connectivity index is 1.24. The first-order chi connectivity index (χ1) is 21.9. The summed E-state index contributed by atoms with van der Waals surface area (Å²) in [6, 6.07) is 21.5. The van der Waals surface area contributed by atoms with Gasteiger partial charge in [0.25, 0.3) is 0 Å². The number of carbonyl (C=O) groups excluding carboxylic acids is 3. The first kappa shape index (κ1) is 29.1. The van der Waals surface area contributed by atoms with Gasteiger partial charge >= 0.3 is 12.1 Å². The number of carboxylic acids is 1. The van der Waals surface area contributed by atoms with Crippen LogP contribution in [-0.2, 0) is 38.5 Å². The van der Waals surface area contributed by atoms with Gasteiger partial charge in [-0.3, -0.25) is 14.5 Å². The SMILES string of the molecule is O=C(O)C1Cc2ccccc2CN1C(=O)C1CCC(c2ccccc2)N1C(=O)C1Cc2ccccc2N1C(=O)OC1CCCC1. The molecule has 9 heteroatoms. The maximum atomic E-state index is 14.9. The molecule has 2 fully saturated rings. The first-order valence-electron chi connectivity index (χ1n) is 16.0. The van der Waals surface area contributed by atoms with Crippen LogP contribution in [0.25, 0.3) is 0 Å². The number of para-hydroxylation sites is 1. The van der Waals surface area contributed by atoms with Crippen LogP contribution < -0.4 is 4.90 Å². The van der Waals surface area contributed by atoms with Crippen molar-refractivity contribution in [2.75, 3.05) is 4.90 Å². The van der Waals surface area contributed by atoms with Gasteiger partial charge in [-0.25, -0.2) is 9.59 Å². The van der Waals surface area contributed by atoms with E-state index < -0.39 is 36.2 Å². The number of nitrogens with zero attached hydrogens (tertiary/aromatic N) is 3. The third kappa shape index (κ3) is 5.34. The molecule has 3 aliphatic heterocycles. The van der Waals surface area contributed by atoms with Gasteiger partial charge in [-0.1, -0.05) is 72.8 Å². The van der Waals surface area contributed by atoms with Crippen LogP contribution in [0, 0.1) is 0 Å². The van der Waals surface area contributed by atoms with Crippen molar-refractivity contribution in [3.63, 3.8) is 0 Å². The zero-order valence-electron chi connectivity index (χ0n) is 25.1. The largest absolute Gasteiger partial charge is 0.480 e. The molecule has 9 nitrogen and oxygen atoms in total. The molecule has 232 valence electrons. The molecule has 4 aliphatic rings. The molecule has 0 spiro atoms. The summed E-state index contributed by atoms with van der Waals surface area (Å²) in [6.45, 7) is 0.162. The van der Waals surface area contributed by atoms with Gasteiger partial charge in [0.2, 0.25) is 11.8 Å². The molecule has 0 aromatic heterocycles. The number of hydrogen-bond acceptors (Lipinski definition) is 5. The number of hydrogen-bond donors (Lipinski definition) is 1. The Kier molecular flexibility index (Phi) is 7.77. The Morgan fingerprint density at radius 2 is 1.31 bits per heavy atom. The van der Waals surface area contributed by atoms with Crippen molar-refractivity contribution in [2.24, 2.45) is 0 Å². The number of amides is 3. The highest BCUT2D eigenvalue weighted by Gasteiger charge is 2.50. The van der Waals surface area contributed by atoms with E-state index >= 15 is 0 Å². The van der Waals surface area contributed by atoms with Crippen LogP contribution >= 0.6 is 0 Å². The highest BCUT2D eigenvalue weighted by Crippen LogP contribution is 2.42. The Morgan fingerprint density at radius 1 is 0.667 bits per heavy atom. The van der Waals surface area contributed by atoms with Crippen molar-refractivity contribution in [1.82, 2.24) is 9.80 Å². The van der Waals surface area contributed by atoms with Crippen LogP contribution in [0.2, 0.25) is 0 Å². The maximum Gasteiger partial charge on any atom is 0.415 e. The van der Waals surface area contributed by atoms with Crippen LogP contribution in [0.4, 0.5) is 10.5 Å². The van der Waals surface area contributed by atoms with Gasteiger partial charge in [0, 0.05) is 19.4 Å². The van der Waals surface area contributed by atoms with Gasteiger partial charge in [0.1, 0.15) is 24.2 Å². The molecule has 7 rings (SSSR count). The summed E-state index contributed by atoms with van der Waals surface area (Å²) in [6.07, 6.45) is 4.36. The van der Waals surface area contributed by atoms with Gasteiger partial charge in [-0.15, -0.1) is 0 Å². The van der Waals surface area contributed by atoms with E-state index in [0.717, 1.165) is 47.9 Å². The van der Waals surface area contributed by atoms with E-state index in [4.69, 9.17) is 4.74 Å². The lowest BCUT2D eigenvalue weighted by Crippen LogP contribution is -2.58. The summed E-state index contributed by atoms with van der Waals surface area (Å²) < 4.78 is 5.93. The van der Waals surface area contributed by atoms with Crippen LogP contribution in [0.3, 0.4) is 0 Å². The van der Waals surface area contributed by atoms with E-state index in [1.807, 2.05) is 78.9 Å². The number of likely N-dealkylation sites (tertiary alicyclic amines) is 1. The van der Waals surface area contributed by atoms with Crippen LogP contribution in [0.15, 0.2) is 78.9 Å². The van der Waals surface area contributed by atoms with Gasteiger partial charge in [0.05, 0.1) is 11.7 Å².